The number of carbonyl (C=O) groups excluding carboxylic acids is 2. The second-order valence-corrected chi connectivity index (χ2v) is 7.56. The number of rotatable bonds is 5. The van der Waals surface area contributed by atoms with Gasteiger partial charge in [-0.3, -0.25) is 14.9 Å². The van der Waals surface area contributed by atoms with E-state index >= 15 is 0 Å². The van der Waals surface area contributed by atoms with Crippen molar-refractivity contribution in [3.8, 4) is 11.3 Å². The minimum absolute atomic E-state index is 0.0490. The summed E-state index contributed by atoms with van der Waals surface area (Å²) in [6.45, 7) is 0. The normalized spacial score (nSPS) is 22.5. The van der Waals surface area contributed by atoms with Gasteiger partial charge in [-0.1, -0.05) is 42.5 Å². The highest BCUT2D eigenvalue weighted by molar-refractivity contribution is 6.00. The van der Waals surface area contributed by atoms with Gasteiger partial charge in [0.15, 0.2) is 5.78 Å². The minimum atomic E-state index is -5.41. The second-order valence-electron chi connectivity index (χ2n) is 7.56. The van der Waals surface area contributed by atoms with Crippen LogP contribution in [0, 0.1) is 16.0 Å². The first-order chi connectivity index (χ1) is 16.0. The van der Waals surface area contributed by atoms with Crippen molar-refractivity contribution in [3.05, 3.63) is 88.2 Å². The van der Waals surface area contributed by atoms with Gasteiger partial charge >= 0.3 is 12.2 Å². The number of ketones is 1. The number of hydrogen-bond donors (Lipinski definition) is 3. The number of nitro benzene ring substituents is 1. The van der Waals surface area contributed by atoms with Crippen LogP contribution >= 0.6 is 0 Å². The summed E-state index contributed by atoms with van der Waals surface area (Å²) in [5.41, 5.74) is -4.01. The molecule has 0 unspecified atom stereocenters. The van der Waals surface area contributed by atoms with E-state index < -0.39 is 40.6 Å². The van der Waals surface area contributed by atoms with Gasteiger partial charge in [-0.2, -0.15) is 13.2 Å². The third kappa shape index (κ3) is 3.99. The Balaban J connectivity index is 1.80. The predicted octanol–water partition coefficient (Wildman–Crippen LogP) is 3.96. The molecule has 0 radical (unpaired) electrons. The van der Waals surface area contributed by atoms with Crippen LogP contribution in [0.2, 0.25) is 0 Å². The Morgan fingerprint density at radius 1 is 1.09 bits per heavy atom. The van der Waals surface area contributed by atoms with Gasteiger partial charge in [0.25, 0.3) is 5.69 Å². The van der Waals surface area contributed by atoms with Gasteiger partial charge in [0.2, 0.25) is 5.72 Å². The van der Waals surface area contributed by atoms with Crippen molar-refractivity contribution in [2.45, 2.75) is 17.9 Å². The molecule has 176 valence electrons. The summed E-state index contributed by atoms with van der Waals surface area (Å²) in [7, 11) is 0. The Hall–Kier alpha value is -4.19. The Labute approximate surface area is 189 Å². The molecule has 0 aliphatic carbocycles. The third-order valence-electron chi connectivity index (χ3n) is 5.42. The lowest BCUT2D eigenvalue weighted by Gasteiger charge is -2.44. The third-order valence-corrected chi connectivity index (χ3v) is 5.42. The lowest BCUT2D eigenvalue weighted by molar-refractivity contribution is -0.384. The highest BCUT2D eigenvalue weighted by Crippen LogP contribution is 2.44. The molecule has 9 nitrogen and oxygen atoms in total. The SMILES string of the molecule is O=C1N[C@@H](c2ccc(-c3cccc([N+](=O)[O-])c3)o2)[C@H](C(=O)c2ccccc2)[C@@](O)(C(F)(F)F)N1. The smallest absolute Gasteiger partial charge is 0.437 e. The Morgan fingerprint density at radius 3 is 2.44 bits per heavy atom. The number of urea groups is 1. The molecule has 34 heavy (non-hydrogen) atoms. The van der Waals surface area contributed by atoms with Crippen LogP contribution in [0.5, 0.6) is 0 Å². The topological polar surface area (TPSA) is 135 Å². The van der Waals surface area contributed by atoms with Gasteiger partial charge in [0.1, 0.15) is 23.5 Å². The molecular formula is C22H16F3N3O6. The number of nitrogens with one attached hydrogen (secondary N) is 2. The fraction of sp³-hybridized carbons (Fsp3) is 0.182. The molecule has 3 N–H and O–H groups in total. The number of aliphatic hydroxyl groups is 1. The maximum Gasteiger partial charge on any atom is 0.437 e. The molecule has 2 amide bonds. The summed E-state index contributed by atoms with van der Waals surface area (Å²) in [5.74, 6) is -3.55. The van der Waals surface area contributed by atoms with Crippen molar-refractivity contribution in [1.29, 1.82) is 0 Å². The summed E-state index contributed by atoms with van der Waals surface area (Å²) in [5, 5.41) is 25.3. The van der Waals surface area contributed by atoms with Gasteiger partial charge in [-0.15, -0.1) is 0 Å². The quantitative estimate of drug-likeness (QED) is 0.291. The molecule has 2 aromatic carbocycles. The molecule has 4 rings (SSSR count). The van der Waals surface area contributed by atoms with E-state index in [1.165, 1.54) is 66.0 Å². The first kappa shape index (κ1) is 23.0. The standard InChI is InChI=1S/C22H16F3N3O6/c23-22(24,25)21(31)17(19(29)12-5-2-1-3-6-12)18(26-20(30)27-21)16-10-9-15(34-16)13-7-4-8-14(11-13)28(32)33/h1-11,17-18,31H,(H2,26,27,30)/t17-,18+,21-/m1/s1. The summed E-state index contributed by atoms with van der Waals surface area (Å²) in [4.78, 5) is 35.7. The van der Waals surface area contributed by atoms with Crippen molar-refractivity contribution in [3.63, 3.8) is 0 Å². The van der Waals surface area contributed by atoms with Crippen LogP contribution in [0.4, 0.5) is 23.7 Å². The van der Waals surface area contributed by atoms with E-state index in [9.17, 15) is 38.0 Å². The van der Waals surface area contributed by atoms with Crippen LogP contribution < -0.4 is 10.6 Å². The fourth-order valence-corrected chi connectivity index (χ4v) is 3.81. The number of benzene rings is 2. The van der Waals surface area contributed by atoms with Crippen molar-refractivity contribution in [2.24, 2.45) is 5.92 Å². The zero-order valence-electron chi connectivity index (χ0n) is 17.1. The van der Waals surface area contributed by atoms with Crippen LogP contribution in [-0.4, -0.2) is 33.7 Å². The molecule has 1 aliphatic rings. The molecular weight excluding hydrogens is 459 g/mol. The highest BCUT2D eigenvalue weighted by Gasteiger charge is 2.66. The molecule has 1 aliphatic heterocycles. The molecule has 0 spiro atoms. The number of nitrogens with zero attached hydrogens (tertiary/aromatic N) is 1. The van der Waals surface area contributed by atoms with Gasteiger partial charge in [0, 0.05) is 23.3 Å². The first-order valence-corrected chi connectivity index (χ1v) is 9.83. The number of nitro groups is 1. The number of halogens is 3. The van der Waals surface area contributed by atoms with Gasteiger partial charge in [-0.25, -0.2) is 4.79 Å². The average Bonchev–Trinajstić information content (AvgIpc) is 3.28. The maximum absolute atomic E-state index is 14.0. The molecule has 3 aromatic rings. The van der Waals surface area contributed by atoms with Crippen molar-refractivity contribution in [1.82, 2.24) is 10.6 Å². The molecule has 12 heteroatoms. The summed E-state index contributed by atoms with van der Waals surface area (Å²) in [6.07, 6.45) is -5.41. The Bertz CT molecular complexity index is 1260. The molecule has 1 aromatic heterocycles. The van der Waals surface area contributed by atoms with Crippen molar-refractivity contribution in [2.75, 3.05) is 0 Å². The summed E-state index contributed by atoms with van der Waals surface area (Å²) in [6, 6.07) is 11.8. The van der Waals surface area contributed by atoms with E-state index in [0.29, 0.717) is 0 Å². The van der Waals surface area contributed by atoms with Crippen LogP contribution in [0.1, 0.15) is 22.2 Å². The largest absolute Gasteiger partial charge is 0.459 e. The van der Waals surface area contributed by atoms with E-state index in [0.717, 1.165) is 0 Å². The van der Waals surface area contributed by atoms with Gasteiger partial charge in [-0.05, 0) is 12.1 Å². The predicted molar refractivity (Wildman–Crippen MR) is 110 cm³/mol. The molecule has 1 fully saturated rings. The highest BCUT2D eigenvalue weighted by atomic mass is 19.4. The molecule has 3 atom stereocenters. The van der Waals surface area contributed by atoms with E-state index in [1.54, 1.807) is 6.07 Å². The Morgan fingerprint density at radius 2 is 1.79 bits per heavy atom. The molecule has 0 bridgehead atoms. The number of carbonyl (C=O) groups is 2. The number of alkyl halides is 3. The lowest BCUT2D eigenvalue weighted by atomic mass is 9.79. The number of amides is 2. The zero-order chi connectivity index (χ0) is 24.7. The second kappa shape index (κ2) is 8.30. The molecule has 0 saturated carbocycles. The average molecular weight is 475 g/mol. The fourth-order valence-electron chi connectivity index (χ4n) is 3.81. The zero-order valence-corrected chi connectivity index (χ0v) is 17.1. The van der Waals surface area contributed by atoms with Gasteiger partial charge < -0.3 is 20.2 Å². The molecule has 1 saturated heterocycles. The molecule has 2 heterocycles. The van der Waals surface area contributed by atoms with E-state index in [1.807, 2.05) is 0 Å². The van der Waals surface area contributed by atoms with Crippen LogP contribution in [0.25, 0.3) is 11.3 Å². The minimum Gasteiger partial charge on any atom is -0.459 e. The lowest BCUT2D eigenvalue weighted by Crippen LogP contribution is -2.72. The number of furan rings is 1. The van der Waals surface area contributed by atoms with Gasteiger partial charge in [0.05, 0.1) is 4.92 Å². The first-order valence-electron chi connectivity index (χ1n) is 9.83. The van der Waals surface area contributed by atoms with E-state index in [2.05, 4.69) is 5.32 Å². The summed E-state index contributed by atoms with van der Waals surface area (Å²) < 4.78 is 47.5. The van der Waals surface area contributed by atoms with Crippen LogP contribution in [-0.2, 0) is 0 Å². The Kier molecular flexibility index (Phi) is 5.61. The van der Waals surface area contributed by atoms with Crippen molar-refractivity contribution < 1.29 is 37.2 Å². The van der Waals surface area contributed by atoms with Crippen LogP contribution in [0.15, 0.2) is 71.1 Å². The van der Waals surface area contributed by atoms with E-state index in [-0.39, 0.29) is 28.3 Å². The summed E-state index contributed by atoms with van der Waals surface area (Å²) >= 11 is 0. The number of non-ortho nitro benzene ring substituents is 1. The van der Waals surface area contributed by atoms with Crippen LogP contribution in [0.3, 0.4) is 0 Å². The number of hydrogen-bond acceptors (Lipinski definition) is 6. The number of Topliss-reactive ketones (excluding diaryl/α,β-unsaturated/α-hetero) is 1. The monoisotopic (exact) mass is 475 g/mol. The maximum atomic E-state index is 14.0. The van der Waals surface area contributed by atoms with Crippen molar-refractivity contribution >= 4 is 17.5 Å². The van der Waals surface area contributed by atoms with E-state index in [4.69, 9.17) is 4.42 Å².